The monoisotopic (exact) mass is 137 g/mol. The highest BCUT2D eigenvalue weighted by Gasteiger charge is 2.19. The third-order valence-electron chi connectivity index (χ3n) is 2.02. The van der Waals surface area contributed by atoms with Crippen molar-refractivity contribution in [2.45, 2.75) is 20.0 Å². The standard InChI is InChI=1S/C7H11N3/c1-5-6-3-10(2)4-7(6)9-8-5/h3-4H2,1-2H3,(H,8,9). The number of nitrogens with one attached hydrogen (secondary N) is 1. The van der Waals surface area contributed by atoms with Crippen molar-refractivity contribution in [2.75, 3.05) is 7.05 Å². The van der Waals surface area contributed by atoms with Crippen molar-refractivity contribution in [3.05, 3.63) is 17.0 Å². The van der Waals surface area contributed by atoms with E-state index in [1.54, 1.807) is 0 Å². The maximum Gasteiger partial charge on any atom is 0.0639 e. The molecule has 0 atom stereocenters. The van der Waals surface area contributed by atoms with Gasteiger partial charge in [-0.3, -0.25) is 10.00 Å². The Morgan fingerprint density at radius 3 is 3.00 bits per heavy atom. The third-order valence-corrected chi connectivity index (χ3v) is 2.02. The Morgan fingerprint density at radius 1 is 1.50 bits per heavy atom. The lowest BCUT2D eigenvalue weighted by molar-refractivity contribution is 0.348. The predicted molar refractivity (Wildman–Crippen MR) is 38.5 cm³/mol. The van der Waals surface area contributed by atoms with Gasteiger partial charge in [0.05, 0.1) is 11.4 Å². The van der Waals surface area contributed by atoms with E-state index in [0.717, 1.165) is 18.8 Å². The number of aryl methyl sites for hydroxylation is 1. The highest BCUT2D eigenvalue weighted by atomic mass is 15.2. The summed E-state index contributed by atoms with van der Waals surface area (Å²) in [5, 5.41) is 7.15. The number of nitrogens with zero attached hydrogens (tertiary/aromatic N) is 2. The van der Waals surface area contributed by atoms with Gasteiger partial charge in [0.2, 0.25) is 0 Å². The quantitative estimate of drug-likeness (QED) is 0.569. The van der Waals surface area contributed by atoms with E-state index in [4.69, 9.17) is 0 Å². The Bertz CT molecular complexity index is 251. The van der Waals surface area contributed by atoms with Crippen molar-refractivity contribution in [3.8, 4) is 0 Å². The van der Waals surface area contributed by atoms with Crippen molar-refractivity contribution >= 4 is 0 Å². The first-order valence-corrected chi connectivity index (χ1v) is 3.48. The molecule has 0 saturated carbocycles. The molecule has 2 rings (SSSR count). The van der Waals surface area contributed by atoms with E-state index >= 15 is 0 Å². The van der Waals surface area contributed by atoms with Crippen LogP contribution in [0.25, 0.3) is 0 Å². The van der Waals surface area contributed by atoms with Crippen LogP contribution in [0.1, 0.15) is 17.0 Å². The summed E-state index contributed by atoms with van der Waals surface area (Å²) in [6.45, 7) is 4.13. The van der Waals surface area contributed by atoms with Gasteiger partial charge in [0.25, 0.3) is 0 Å². The minimum absolute atomic E-state index is 1.02. The minimum atomic E-state index is 1.02. The molecule has 2 heterocycles. The van der Waals surface area contributed by atoms with E-state index in [9.17, 15) is 0 Å². The Labute approximate surface area is 60.0 Å². The molecule has 0 bridgehead atoms. The van der Waals surface area contributed by atoms with Crippen molar-refractivity contribution in [1.29, 1.82) is 0 Å². The van der Waals surface area contributed by atoms with E-state index in [1.165, 1.54) is 11.3 Å². The number of hydrogen-bond acceptors (Lipinski definition) is 2. The molecule has 10 heavy (non-hydrogen) atoms. The summed E-state index contributed by atoms with van der Waals surface area (Å²) in [7, 11) is 2.12. The first kappa shape index (κ1) is 5.92. The topological polar surface area (TPSA) is 31.9 Å². The molecule has 1 aliphatic heterocycles. The van der Waals surface area contributed by atoms with Crippen LogP contribution in [0.4, 0.5) is 0 Å². The maximum absolute atomic E-state index is 4.12. The largest absolute Gasteiger partial charge is 0.296 e. The van der Waals surface area contributed by atoms with Gasteiger partial charge < -0.3 is 0 Å². The summed E-state index contributed by atoms with van der Waals surface area (Å²) in [6.07, 6.45) is 0. The van der Waals surface area contributed by atoms with E-state index in [0.29, 0.717) is 0 Å². The number of aromatic amines is 1. The number of rotatable bonds is 0. The summed E-state index contributed by atoms with van der Waals surface area (Å²) in [5.41, 5.74) is 3.84. The van der Waals surface area contributed by atoms with Gasteiger partial charge in [-0.05, 0) is 14.0 Å². The van der Waals surface area contributed by atoms with Gasteiger partial charge in [-0.2, -0.15) is 5.10 Å². The Morgan fingerprint density at radius 2 is 2.30 bits per heavy atom. The molecule has 0 fully saturated rings. The highest BCUT2D eigenvalue weighted by molar-refractivity contribution is 5.27. The molecular weight excluding hydrogens is 126 g/mol. The molecule has 0 aliphatic carbocycles. The molecule has 1 aromatic heterocycles. The summed E-state index contributed by atoms with van der Waals surface area (Å²) >= 11 is 0. The van der Waals surface area contributed by atoms with Crippen LogP contribution in [0.3, 0.4) is 0 Å². The zero-order valence-corrected chi connectivity index (χ0v) is 6.31. The van der Waals surface area contributed by atoms with Gasteiger partial charge in [0.1, 0.15) is 0 Å². The van der Waals surface area contributed by atoms with Gasteiger partial charge in [-0.15, -0.1) is 0 Å². The molecule has 0 amide bonds. The number of H-pyrrole nitrogens is 1. The highest BCUT2D eigenvalue weighted by Crippen LogP contribution is 2.20. The van der Waals surface area contributed by atoms with Crippen LogP contribution in [-0.2, 0) is 13.1 Å². The molecular formula is C7H11N3. The van der Waals surface area contributed by atoms with E-state index in [2.05, 4.69) is 29.1 Å². The first-order valence-electron chi connectivity index (χ1n) is 3.48. The van der Waals surface area contributed by atoms with Gasteiger partial charge >= 0.3 is 0 Å². The maximum atomic E-state index is 4.12. The molecule has 0 unspecified atom stereocenters. The Kier molecular flexibility index (Phi) is 1.08. The van der Waals surface area contributed by atoms with Gasteiger partial charge in [0, 0.05) is 18.7 Å². The molecule has 0 aromatic carbocycles. The van der Waals surface area contributed by atoms with Crippen LogP contribution in [0.2, 0.25) is 0 Å². The van der Waals surface area contributed by atoms with Gasteiger partial charge in [-0.25, -0.2) is 0 Å². The van der Waals surface area contributed by atoms with Crippen LogP contribution in [-0.4, -0.2) is 22.1 Å². The summed E-state index contributed by atoms with van der Waals surface area (Å²) < 4.78 is 0. The van der Waals surface area contributed by atoms with Crippen LogP contribution in [0, 0.1) is 6.92 Å². The second-order valence-electron chi connectivity index (χ2n) is 2.94. The van der Waals surface area contributed by atoms with E-state index in [1.807, 2.05) is 0 Å². The van der Waals surface area contributed by atoms with Crippen molar-refractivity contribution in [3.63, 3.8) is 0 Å². The van der Waals surface area contributed by atoms with Gasteiger partial charge in [-0.1, -0.05) is 0 Å². The zero-order valence-electron chi connectivity index (χ0n) is 6.31. The smallest absolute Gasteiger partial charge is 0.0639 e. The third kappa shape index (κ3) is 0.671. The Balaban J connectivity index is 2.44. The van der Waals surface area contributed by atoms with Crippen LogP contribution >= 0.6 is 0 Å². The fraction of sp³-hybridized carbons (Fsp3) is 0.571. The molecule has 1 aliphatic rings. The molecule has 1 aromatic rings. The van der Waals surface area contributed by atoms with Crippen LogP contribution in [0.5, 0.6) is 0 Å². The molecule has 54 valence electrons. The average Bonchev–Trinajstić information content (AvgIpc) is 2.35. The Hall–Kier alpha value is -0.830. The molecule has 3 nitrogen and oxygen atoms in total. The average molecular weight is 137 g/mol. The lowest BCUT2D eigenvalue weighted by Crippen LogP contribution is -2.09. The number of fused-ring (bicyclic) bond motifs is 1. The first-order chi connectivity index (χ1) is 4.77. The molecule has 1 N–H and O–H groups in total. The number of hydrogen-bond donors (Lipinski definition) is 1. The minimum Gasteiger partial charge on any atom is -0.296 e. The molecule has 0 saturated heterocycles. The molecule has 0 spiro atoms. The van der Waals surface area contributed by atoms with Crippen molar-refractivity contribution in [1.82, 2.24) is 15.1 Å². The fourth-order valence-corrected chi connectivity index (χ4v) is 1.44. The summed E-state index contributed by atoms with van der Waals surface area (Å²) in [4.78, 5) is 2.27. The zero-order chi connectivity index (χ0) is 7.14. The summed E-state index contributed by atoms with van der Waals surface area (Å²) in [5.74, 6) is 0. The second-order valence-corrected chi connectivity index (χ2v) is 2.94. The lowest BCUT2D eigenvalue weighted by atomic mass is 10.2. The van der Waals surface area contributed by atoms with Crippen LogP contribution in [0.15, 0.2) is 0 Å². The molecule has 0 radical (unpaired) electrons. The van der Waals surface area contributed by atoms with Crippen molar-refractivity contribution < 1.29 is 0 Å². The van der Waals surface area contributed by atoms with E-state index < -0.39 is 0 Å². The fourth-order valence-electron chi connectivity index (χ4n) is 1.44. The summed E-state index contributed by atoms with van der Waals surface area (Å²) in [6, 6.07) is 0. The predicted octanol–water partition coefficient (Wildman–Crippen LogP) is 0.664. The van der Waals surface area contributed by atoms with Crippen molar-refractivity contribution in [2.24, 2.45) is 0 Å². The van der Waals surface area contributed by atoms with E-state index in [-0.39, 0.29) is 0 Å². The SMILES string of the molecule is Cc1n[nH]c2c1CN(C)C2. The van der Waals surface area contributed by atoms with Crippen LogP contribution < -0.4 is 0 Å². The second kappa shape index (κ2) is 1.83. The lowest BCUT2D eigenvalue weighted by Gasteiger charge is -2.03. The molecule has 3 heteroatoms. The number of aromatic nitrogens is 2. The normalized spacial score (nSPS) is 17.8. The van der Waals surface area contributed by atoms with Gasteiger partial charge in [0.15, 0.2) is 0 Å².